The van der Waals surface area contributed by atoms with E-state index in [-0.39, 0.29) is 0 Å². The van der Waals surface area contributed by atoms with Gasteiger partial charge in [-0.15, -0.1) is 0 Å². The maximum Gasteiger partial charge on any atom is 0.101 e. The number of halogens is 1. The van der Waals surface area contributed by atoms with E-state index in [0.29, 0.717) is 34.3 Å². The highest BCUT2D eigenvalue weighted by Gasteiger charge is 2.03. The van der Waals surface area contributed by atoms with E-state index in [9.17, 15) is 4.21 Å². The summed E-state index contributed by atoms with van der Waals surface area (Å²) in [5.74, 6) is 1.23. The largest absolute Gasteiger partial charge is 0.383 e. The zero-order valence-electron chi connectivity index (χ0n) is 9.00. The van der Waals surface area contributed by atoms with Crippen LogP contribution in [0.25, 0.3) is 0 Å². The minimum atomic E-state index is -0.793. The molecule has 0 aliphatic carbocycles. The van der Waals surface area contributed by atoms with Crippen molar-refractivity contribution >= 4 is 28.1 Å². The molecule has 0 bridgehead atoms. The SMILES string of the molecule is CCS(=O)CCNc1cc(Cl)ccc1C#N. The van der Waals surface area contributed by atoms with Gasteiger partial charge in [0.1, 0.15) is 6.07 Å². The van der Waals surface area contributed by atoms with Gasteiger partial charge in [-0.05, 0) is 18.2 Å². The lowest BCUT2D eigenvalue weighted by Crippen LogP contribution is -2.12. The Morgan fingerprint density at radius 2 is 2.31 bits per heavy atom. The van der Waals surface area contributed by atoms with Crippen LogP contribution in [0.1, 0.15) is 12.5 Å². The highest BCUT2D eigenvalue weighted by molar-refractivity contribution is 7.84. The van der Waals surface area contributed by atoms with E-state index >= 15 is 0 Å². The fraction of sp³-hybridized carbons (Fsp3) is 0.364. The van der Waals surface area contributed by atoms with Gasteiger partial charge in [0, 0.05) is 33.9 Å². The van der Waals surface area contributed by atoms with Gasteiger partial charge in [-0.2, -0.15) is 5.26 Å². The summed E-state index contributed by atoms with van der Waals surface area (Å²) in [5.41, 5.74) is 1.25. The lowest BCUT2D eigenvalue weighted by atomic mass is 10.2. The summed E-state index contributed by atoms with van der Waals surface area (Å²) in [7, 11) is -0.793. The van der Waals surface area contributed by atoms with E-state index in [1.54, 1.807) is 18.2 Å². The van der Waals surface area contributed by atoms with Gasteiger partial charge in [-0.25, -0.2) is 0 Å². The van der Waals surface area contributed by atoms with Gasteiger partial charge in [0.05, 0.1) is 11.3 Å². The Morgan fingerprint density at radius 3 is 2.94 bits per heavy atom. The zero-order chi connectivity index (χ0) is 12.0. The molecule has 0 saturated heterocycles. The lowest BCUT2D eigenvalue weighted by molar-refractivity contribution is 0.684. The molecule has 86 valence electrons. The molecule has 0 spiro atoms. The Bertz CT molecular complexity index is 428. The third-order valence-electron chi connectivity index (χ3n) is 2.07. The summed E-state index contributed by atoms with van der Waals surface area (Å²) in [4.78, 5) is 0. The Labute approximate surface area is 103 Å². The molecular formula is C11H13ClN2OS. The first-order valence-electron chi connectivity index (χ1n) is 4.96. The van der Waals surface area contributed by atoms with Crippen molar-refractivity contribution in [3.63, 3.8) is 0 Å². The number of anilines is 1. The Balaban J connectivity index is 2.63. The Morgan fingerprint density at radius 1 is 1.56 bits per heavy atom. The predicted octanol–water partition coefficient (Wildman–Crippen LogP) is 2.39. The second-order valence-corrected chi connectivity index (χ2v) is 5.46. The number of nitrogens with zero attached hydrogens (tertiary/aromatic N) is 1. The number of hydrogen-bond acceptors (Lipinski definition) is 3. The van der Waals surface area contributed by atoms with Crippen LogP contribution in [0.3, 0.4) is 0 Å². The molecule has 0 aliphatic rings. The van der Waals surface area contributed by atoms with E-state index in [4.69, 9.17) is 16.9 Å². The van der Waals surface area contributed by atoms with Gasteiger partial charge < -0.3 is 5.32 Å². The fourth-order valence-electron chi connectivity index (χ4n) is 1.20. The van der Waals surface area contributed by atoms with Crippen molar-refractivity contribution in [2.75, 3.05) is 23.4 Å². The molecule has 0 heterocycles. The summed E-state index contributed by atoms with van der Waals surface area (Å²) in [6.45, 7) is 2.46. The van der Waals surface area contributed by atoms with Crippen LogP contribution >= 0.6 is 11.6 Å². The van der Waals surface area contributed by atoms with E-state index in [1.807, 2.05) is 6.92 Å². The van der Waals surface area contributed by atoms with E-state index in [0.717, 1.165) is 0 Å². The molecule has 3 nitrogen and oxygen atoms in total. The van der Waals surface area contributed by atoms with Gasteiger partial charge in [-0.1, -0.05) is 18.5 Å². The van der Waals surface area contributed by atoms with Crippen molar-refractivity contribution in [1.29, 1.82) is 5.26 Å². The topological polar surface area (TPSA) is 52.9 Å². The van der Waals surface area contributed by atoms with Crippen molar-refractivity contribution in [3.8, 4) is 6.07 Å². The number of nitriles is 1. The van der Waals surface area contributed by atoms with Crippen LogP contribution in [0.4, 0.5) is 5.69 Å². The first-order chi connectivity index (χ1) is 7.67. The van der Waals surface area contributed by atoms with Gasteiger partial charge in [0.2, 0.25) is 0 Å². The third-order valence-corrected chi connectivity index (χ3v) is 3.61. The minimum absolute atomic E-state index is 0.548. The molecule has 1 atom stereocenters. The summed E-state index contributed by atoms with van der Waals surface area (Å²) in [6.07, 6.45) is 0. The first-order valence-corrected chi connectivity index (χ1v) is 6.82. The highest BCUT2D eigenvalue weighted by atomic mass is 35.5. The quantitative estimate of drug-likeness (QED) is 0.880. The molecule has 0 saturated carbocycles. The maximum absolute atomic E-state index is 11.2. The summed E-state index contributed by atoms with van der Waals surface area (Å²) in [6, 6.07) is 7.13. The average Bonchev–Trinajstić information content (AvgIpc) is 2.29. The molecule has 1 aromatic rings. The normalized spacial score (nSPS) is 11.8. The average molecular weight is 257 g/mol. The van der Waals surface area contributed by atoms with E-state index in [1.165, 1.54) is 0 Å². The molecule has 0 radical (unpaired) electrons. The maximum atomic E-state index is 11.2. The van der Waals surface area contributed by atoms with Crippen molar-refractivity contribution < 1.29 is 4.21 Å². The molecule has 1 unspecified atom stereocenters. The monoisotopic (exact) mass is 256 g/mol. The molecule has 16 heavy (non-hydrogen) atoms. The first kappa shape index (κ1) is 13.0. The van der Waals surface area contributed by atoms with Crippen LogP contribution in [-0.4, -0.2) is 22.3 Å². The lowest BCUT2D eigenvalue weighted by Gasteiger charge is -2.07. The van der Waals surface area contributed by atoms with Crippen molar-refractivity contribution in [2.45, 2.75) is 6.92 Å². The Kier molecular flexibility index (Phi) is 5.30. The fourth-order valence-corrected chi connectivity index (χ4v) is 1.99. The van der Waals surface area contributed by atoms with Crippen LogP contribution in [0.2, 0.25) is 5.02 Å². The second-order valence-electron chi connectivity index (χ2n) is 3.16. The smallest absolute Gasteiger partial charge is 0.101 e. The van der Waals surface area contributed by atoms with Gasteiger partial charge >= 0.3 is 0 Å². The third kappa shape index (κ3) is 3.84. The van der Waals surface area contributed by atoms with Gasteiger partial charge in [0.25, 0.3) is 0 Å². The molecular weight excluding hydrogens is 244 g/mol. The molecule has 0 aliphatic heterocycles. The summed E-state index contributed by atoms with van der Waals surface area (Å²) < 4.78 is 11.2. The molecule has 1 aromatic carbocycles. The molecule has 1 rings (SSSR count). The highest BCUT2D eigenvalue weighted by Crippen LogP contribution is 2.19. The molecule has 0 fully saturated rings. The summed E-state index contributed by atoms with van der Waals surface area (Å²) >= 11 is 5.83. The number of nitrogens with one attached hydrogen (secondary N) is 1. The van der Waals surface area contributed by atoms with Gasteiger partial charge in [0.15, 0.2) is 0 Å². The van der Waals surface area contributed by atoms with Crippen LogP contribution < -0.4 is 5.32 Å². The van der Waals surface area contributed by atoms with Crippen LogP contribution in [0, 0.1) is 11.3 Å². The summed E-state index contributed by atoms with van der Waals surface area (Å²) in [5, 5.41) is 12.5. The van der Waals surface area contributed by atoms with E-state index < -0.39 is 10.8 Å². The van der Waals surface area contributed by atoms with Crippen LogP contribution in [0.5, 0.6) is 0 Å². The standard InChI is InChI=1S/C11H13ClN2OS/c1-2-16(15)6-5-14-11-7-10(12)4-3-9(11)8-13/h3-4,7,14H,2,5-6H2,1H3. The molecule has 0 amide bonds. The molecule has 0 aromatic heterocycles. The van der Waals surface area contributed by atoms with Crippen LogP contribution in [0.15, 0.2) is 18.2 Å². The van der Waals surface area contributed by atoms with Crippen molar-refractivity contribution in [2.24, 2.45) is 0 Å². The molecule has 1 N–H and O–H groups in total. The van der Waals surface area contributed by atoms with Crippen molar-refractivity contribution in [1.82, 2.24) is 0 Å². The number of hydrogen-bond donors (Lipinski definition) is 1. The number of benzene rings is 1. The number of rotatable bonds is 5. The molecule has 5 heteroatoms. The predicted molar refractivity (Wildman–Crippen MR) is 68.2 cm³/mol. The Hall–Kier alpha value is -1.05. The van der Waals surface area contributed by atoms with E-state index in [2.05, 4.69) is 11.4 Å². The minimum Gasteiger partial charge on any atom is -0.383 e. The second kappa shape index (κ2) is 6.51. The van der Waals surface area contributed by atoms with Gasteiger partial charge in [-0.3, -0.25) is 4.21 Å². The zero-order valence-corrected chi connectivity index (χ0v) is 10.6. The van der Waals surface area contributed by atoms with Crippen molar-refractivity contribution in [3.05, 3.63) is 28.8 Å². The van der Waals surface area contributed by atoms with Crippen LogP contribution in [-0.2, 0) is 10.8 Å².